The lowest BCUT2D eigenvalue weighted by Gasteiger charge is -1.92. The number of hydrogen-bond donors (Lipinski definition) is 1. The molecule has 0 aliphatic heterocycles. The Bertz CT molecular complexity index is 429. The molecule has 0 aliphatic carbocycles. The average Bonchev–Trinajstić information content (AvgIpc) is 2.28. The standard InChI is InChI=1S/C10H11NS/c1-6-3-4-8-9(5-6)12-7(2)10(8)11/h3-5H,11H2,1-2H3. The van der Waals surface area contributed by atoms with Crippen LogP contribution in [0, 0.1) is 13.8 Å². The van der Waals surface area contributed by atoms with E-state index in [-0.39, 0.29) is 0 Å². The summed E-state index contributed by atoms with van der Waals surface area (Å²) in [5, 5.41) is 1.20. The zero-order chi connectivity index (χ0) is 8.72. The number of benzene rings is 1. The Morgan fingerprint density at radius 3 is 2.75 bits per heavy atom. The first-order valence-electron chi connectivity index (χ1n) is 3.93. The summed E-state index contributed by atoms with van der Waals surface area (Å²) in [5.74, 6) is 0. The normalized spacial score (nSPS) is 10.8. The topological polar surface area (TPSA) is 26.0 Å². The number of nitrogens with two attached hydrogens (primary N) is 1. The van der Waals surface area contributed by atoms with Crippen molar-refractivity contribution in [3.8, 4) is 0 Å². The van der Waals surface area contributed by atoms with Gasteiger partial charge in [-0.3, -0.25) is 0 Å². The number of hydrogen-bond acceptors (Lipinski definition) is 2. The number of rotatable bonds is 0. The van der Waals surface area contributed by atoms with E-state index in [0.29, 0.717) is 0 Å². The van der Waals surface area contributed by atoms with Gasteiger partial charge in [0.15, 0.2) is 0 Å². The molecule has 0 radical (unpaired) electrons. The molecule has 0 aliphatic rings. The third-order valence-electron chi connectivity index (χ3n) is 2.07. The highest BCUT2D eigenvalue weighted by atomic mass is 32.1. The number of thiophene rings is 1. The van der Waals surface area contributed by atoms with Gasteiger partial charge in [-0.2, -0.15) is 0 Å². The Labute approximate surface area is 75.8 Å². The van der Waals surface area contributed by atoms with Crippen molar-refractivity contribution in [3.05, 3.63) is 28.6 Å². The van der Waals surface area contributed by atoms with E-state index in [2.05, 4.69) is 32.0 Å². The SMILES string of the molecule is Cc1ccc2c(N)c(C)sc2c1. The van der Waals surface area contributed by atoms with Crippen LogP contribution in [0.5, 0.6) is 0 Å². The lowest BCUT2D eigenvalue weighted by molar-refractivity contribution is 1.52. The predicted octanol–water partition coefficient (Wildman–Crippen LogP) is 3.10. The molecule has 2 heteroatoms. The van der Waals surface area contributed by atoms with Crippen molar-refractivity contribution in [1.29, 1.82) is 0 Å². The van der Waals surface area contributed by atoms with Gasteiger partial charge in [0.05, 0.1) is 5.69 Å². The summed E-state index contributed by atoms with van der Waals surface area (Å²) in [6.45, 7) is 4.17. The fraction of sp³-hybridized carbons (Fsp3) is 0.200. The zero-order valence-corrected chi connectivity index (χ0v) is 8.03. The number of anilines is 1. The molecule has 0 bridgehead atoms. The van der Waals surface area contributed by atoms with Crippen LogP contribution in [0.3, 0.4) is 0 Å². The Morgan fingerprint density at radius 1 is 1.25 bits per heavy atom. The minimum atomic E-state index is 0.940. The Morgan fingerprint density at radius 2 is 2.00 bits per heavy atom. The fourth-order valence-corrected chi connectivity index (χ4v) is 2.43. The molecule has 0 saturated carbocycles. The van der Waals surface area contributed by atoms with Crippen molar-refractivity contribution >= 4 is 27.1 Å². The maximum absolute atomic E-state index is 5.90. The molecule has 0 saturated heterocycles. The first kappa shape index (κ1) is 7.62. The highest BCUT2D eigenvalue weighted by Gasteiger charge is 2.04. The first-order chi connectivity index (χ1) is 5.68. The molecule has 2 rings (SSSR count). The molecular formula is C10H11NS. The minimum Gasteiger partial charge on any atom is -0.397 e. The van der Waals surface area contributed by atoms with Gasteiger partial charge in [-0.15, -0.1) is 11.3 Å². The van der Waals surface area contributed by atoms with E-state index in [1.807, 2.05) is 0 Å². The molecule has 1 aromatic heterocycles. The number of aryl methyl sites for hydroxylation is 2. The number of fused-ring (bicyclic) bond motifs is 1. The van der Waals surface area contributed by atoms with Gasteiger partial charge in [0.2, 0.25) is 0 Å². The maximum Gasteiger partial charge on any atom is 0.0532 e. The van der Waals surface area contributed by atoms with E-state index < -0.39 is 0 Å². The molecule has 0 amide bonds. The summed E-state index contributed by atoms with van der Waals surface area (Å²) in [6.07, 6.45) is 0. The second kappa shape index (κ2) is 2.49. The summed E-state index contributed by atoms with van der Waals surface area (Å²) in [5.41, 5.74) is 8.13. The molecule has 62 valence electrons. The fourth-order valence-electron chi connectivity index (χ4n) is 1.35. The molecule has 1 nitrogen and oxygen atoms in total. The van der Waals surface area contributed by atoms with Gasteiger partial charge in [-0.05, 0) is 25.5 Å². The van der Waals surface area contributed by atoms with Gasteiger partial charge in [0.25, 0.3) is 0 Å². The molecule has 2 aromatic rings. The maximum atomic E-state index is 5.90. The van der Waals surface area contributed by atoms with Crippen molar-refractivity contribution < 1.29 is 0 Å². The smallest absolute Gasteiger partial charge is 0.0532 e. The van der Waals surface area contributed by atoms with Crippen LogP contribution in [0.25, 0.3) is 10.1 Å². The highest BCUT2D eigenvalue weighted by Crippen LogP contribution is 2.33. The minimum absolute atomic E-state index is 0.940. The first-order valence-corrected chi connectivity index (χ1v) is 4.75. The molecule has 0 fully saturated rings. The quantitative estimate of drug-likeness (QED) is 0.657. The van der Waals surface area contributed by atoms with Crippen LogP contribution < -0.4 is 5.73 Å². The van der Waals surface area contributed by atoms with Crippen LogP contribution in [0.15, 0.2) is 18.2 Å². The third-order valence-corrected chi connectivity index (χ3v) is 3.15. The van der Waals surface area contributed by atoms with Crippen LogP contribution in [0.1, 0.15) is 10.4 Å². The zero-order valence-electron chi connectivity index (χ0n) is 7.22. The Balaban J connectivity index is 2.87. The van der Waals surface area contributed by atoms with Crippen molar-refractivity contribution in [3.63, 3.8) is 0 Å². The van der Waals surface area contributed by atoms with E-state index in [4.69, 9.17) is 5.73 Å². The lowest BCUT2D eigenvalue weighted by atomic mass is 10.2. The van der Waals surface area contributed by atoms with E-state index >= 15 is 0 Å². The van der Waals surface area contributed by atoms with Crippen molar-refractivity contribution in [1.82, 2.24) is 0 Å². The van der Waals surface area contributed by atoms with Gasteiger partial charge in [-0.25, -0.2) is 0 Å². The molecule has 0 atom stereocenters. The van der Waals surface area contributed by atoms with Gasteiger partial charge in [0.1, 0.15) is 0 Å². The second-order valence-corrected chi connectivity index (χ2v) is 4.33. The van der Waals surface area contributed by atoms with Crippen LogP contribution in [0.4, 0.5) is 5.69 Å². The third kappa shape index (κ3) is 0.994. The molecule has 2 N–H and O–H groups in total. The summed E-state index contributed by atoms with van der Waals surface area (Å²) >= 11 is 1.77. The second-order valence-electron chi connectivity index (χ2n) is 3.07. The van der Waals surface area contributed by atoms with Crippen LogP contribution >= 0.6 is 11.3 Å². The molecule has 0 unspecified atom stereocenters. The summed E-state index contributed by atoms with van der Waals surface area (Å²) in [6, 6.07) is 6.39. The van der Waals surface area contributed by atoms with E-state index in [1.165, 1.54) is 20.5 Å². The van der Waals surface area contributed by atoms with Gasteiger partial charge >= 0.3 is 0 Å². The largest absolute Gasteiger partial charge is 0.397 e. The highest BCUT2D eigenvalue weighted by molar-refractivity contribution is 7.19. The van der Waals surface area contributed by atoms with Gasteiger partial charge in [-0.1, -0.05) is 12.1 Å². The van der Waals surface area contributed by atoms with E-state index in [0.717, 1.165) is 5.69 Å². The molecule has 12 heavy (non-hydrogen) atoms. The molecule has 1 heterocycles. The Hall–Kier alpha value is -1.02. The molecule has 1 aromatic carbocycles. The van der Waals surface area contributed by atoms with Crippen LogP contribution in [-0.2, 0) is 0 Å². The average molecular weight is 177 g/mol. The van der Waals surface area contributed by atoms with E-state index in [1.54, 1.807) is 11.3 Å². The summed E-state index contributed by atoms with van der Waals surface area (Å²) in [7, 11) is 0. The van der Waals surface area contributed by atoms with Crippen molar-refractivity contribution in [2.75, 3.05) is 5.73 Å². The molecule has 0 spiro atoms. The molecular weight excluding hydrogens is 166 g/mol. The predicted molar refractivity (Wildman–Crippen MR) is 55.7 cm³/mol. The van der Waals surface area contributed by atoms with Crippen molar-refractivity contribution in [2.45, 2.75) is 13.8 Å². The summed E-state index contributed by atoms with van der Waals surface area (Å²) < 4.78 is 1.30. The lowest BCUT2D eigenvalue weighted by Crippen LogP contribution is -1.83. The number of nitrogen functional groups attached to an aromatic ring is 1. The van der Waals surface area contributed by atoms with E-state index in [9.17, 15) is 0 Å². The van der Waals surface area contributed by atoms with Crippen LogP contribution in [0.2, 0.25) is 0 Å². The van der Waals surface area contributed by atoms with Crippen LogP contribution in [-0.4, -0.2) is 0 Å². The van der Waals surface area contributed by atoms with Gasteiger partial charge in [0, 0.05) is 15.0 Å². The monoisotopic (exact) mass is 177 g/mol. The van der Waals surface area contributed by atoms with Crippen molar-refractivity contribution in [2.24, 2.45) is 0 Å². The Kier molecular flexibility index (Phi) is 1.58. The summed E-state index contributed by atoms with van der Waals surface area (Å²) in [4.78, 5) is 1.22. The van der Waals surface area contributed by atoms with Gasteiger partial charge < -0.3 is 5.73 Å².